The molecule has 4 rings (SSSR count). The van der Waals surface area contributed by atoms with Crippen LogP contribution >= 0.6 is 23.4 Å². The lowest BCUT2D eigenvalue weighted by molar-refractivity contribution is 0.102. The molecule has 172 valence electrons. The van der Waals surface area contributed by atoms with Crippen molar-refractivity contribution in [3.05, 3.63) is 95.5 Å². The molecular formula is C22H17ClN6O3S2. The van der Waals surface area contributed by atoms with Crippen molar-refractivity contribution < 1.29 is 13.2 Å². The summed E-state index contributed by atoms with van der Waals surface area (Å²) in [6.45, 7) is 0. The van der Waals surface area contributed by atoms with Crippen LogP contribution in [0.2, 0.25) is 5.02 Å². The van der Waals surface area contributed by atoms with E-state index in [1.807, 2.05) is 30.3 Å². The van der Waals surface area contributed by atoms with Gasteiger partial charge in [-0.15, -0.1) is 0 Å². The second-order valence-corrected chi connectivity index (χ2v) is 9.81. The minimum absolute atomic E-state index is 0.0161. The molecule has 0 bridgehead atoms. The molecule has 2 aromatic heterocycles. The first kappa shape index (κ1) is 23.6. The summed E-state index contributed by atoms with van der Waals surface area (Å²) in [4.78, 5) is 28.9. The van der Waals surface area contributed by atoms with E-state index in [1.165, 1.54) is 54.6 Å². The summed E-state index contributed by atoms with van der Waals surface area (Å²) in [5.41, 5.74) is 1.49. The first-order chi connectivity index (χ1) is 16.4. The summed E-state index contributed by atoms with van der Waals surface area (Å²) in [6, 6.07) is 17.0. The fraction of sp³-hybridized carbons (Fsp3) is 0.0455. The minimum Gasteiger partial charge on any atom is -0.321 e. The zero-order valence-corrected chi connectivity index (χ0v) is 19.8. The predicted octanol–water partition coefficient (Wildman–Crippen LogP) is 4.27. The van der Waals surface area contributed by atoms with Gasteiger partial charge >= 0.3 is 0 Å². The molecule has 1 amide bonds. The first-order valence-corrected chi connectivity index (χ1v) is 12.7. The quantitative estimate of drug-likeness (QED) is 0.265. The number of rotatable bonds is 8. The Morgan fingerprint density at radius 1 is 0.941 bits per heavy atom. The van der Waals surface area contributed by atoms with E-state index in [2.05, 4.69) is 30.0 Å². The van der Waals surface area contributed by atoms with Crippen LogP contribution in [0.1, 0.15) is 16.1 Å². The summed E-state index contributed by atoms with van der Waals surface area (Å²) < 4.78 is 27.3. The van der Waals surface area contributed by atoms with Crippen molar-refractivity contribution in [2.45, 2.75) is 15.8 Å². The van der Waals surface area contributed by atoms with Crippen molar-refractivity contribution in [1.82, 2.24) is 19.9 Å². The van der Waals surface area contributed by atoms with Crippen molar-refractivity contribution in [2.75, 3.05) is 10.0 Å². The molecule has 0 spiro atoms. The second kappa shape index (κ2) is 10.6. The van der Waals surface area contributed by atoms with Crippen molar-refractivity contribution in [1.29, 1.82) is 0 Å². The molecule has 0 saturated carbocycles. The van der Waals surface area contributed by atoms with E-state index in [0.29, 0.717) is 16.6 Å². The van der Waals surface area contributed by atoms with Crippen molar-refractivity contribution in [3.8, 4) is 0 Å². The molecule has 0 aliphatic heterocycles. The van der Waals surface area contributed by atoms with E-state index >= 15 is 0 Å². The molecule has 0 atom stereocenters. The fourth-order valence-corrected chi connectivity index (χ4v) is 4.65. The molecule has 0 aliphatic rings. The summed E-state index contributed by atoms with van der Waals surface area (Å²) in [5, 5.41) is 3.18. The molecule has 12 heteroatoms. The van der Waals surface area contributed by atoms with E-state index in [1.54, 1.807) is 6.07 Å². The Morgan fingerprint density at radius 3 is 2.35 bits per heavy atom. The van der Waals surface area contributed by atoms with E-state index < -0.39 is 15.9 Å². The smallest absolute Gasteiger partial charge is 0.275 e. The van der Waals surface area contributed by atoms with Gasteiger partial charge in [-0.25, -0.2) is 33.1 Å². The van der Waals surface area contributed by atoms with Gasteiger partial charge < -0.3 is 5.32 Å². The van der Waals surface area contributed by atoms with Gasteiger partial charge in [0.2, 0.25) is 5.95 Å². The first-order valence-electron chi connectivity index (χ1n) is 9.81. The van der Waals surface area contributed by atoms with Gasteiger partial charge in [-0.05, 0) is 35.9 Å². The molecule has 0 saturated heterocycles. The number of carbonyl (C=O) groups excluding carboxylic acids is 1. The molecule has 2 aromatic carbocycles. The van der Waals surface area contributed by atoms with Gasteiger partial charge in [0.25, 0.3) is 15.9 Å². The number of thioether (sulfide) groups is 1. The largest absolute Gasteiger partial charge is 0.321 e. The molecule has 0 unspecified atom stereocenters. The number of nitrogens with one attached hydrogen (secondary N) is 2. The highest BCUT2D eigenvalue weighted by Crippen LogP contribution is 2.23. The Morgan fingerprint density at radius 2 is 1.65 bits per heavy atom. The Balaban J connectivity index is 1.43. The number of sulfonamides is 1. The van der Waals surface area contributed by atoms with Crippen LogP contribution in [0.25, 0.3) is 0 Å². The molecule has 9 nitrogen and oxygen atoms in total. The van der Waals surface area contributed by atoms with Gasteiger partial charge in [-0.2, -0.15) is 0 Å². The van der Waals surface area contributed by atoms with Gasteiger partial charge in [0.1, 0.15) is 0 Å². The monoisotopic (exact) mass is 512 g/mol. The number of carbonyl (C=O) groups is 1. The van der Waals surface area contributed by atoms with E-state index in [-0.39, 0.29) is 21.6 Å². The molecule has 2 N–H and O–H groups in total. The normalized spacial score (nSPS) is 11.1. The Kier molecular flexibility index (Phi) is 7.36. The molecule has 4 aromatic rings. The van der Waals surface area contributed by atoms with E-state index in [0.717, 1.165) is 5.56 Å². The fourth-order valence-electron chi connectivity index (χ4n) is 2.74. The third-order valence-corrected chi connectivity index (χ3v) is 6.91. The number of anilines is 2. The van der Waals surface area contributed by atoms with Gasteiger partial charge in [-0.1, -0.05) is 53.7 Å². The summed E-state index contributed by atoms with van der Waals surface area (Å²) in [5.74, 6) is 0.0567. The number of nitrogens with zero attached hydrogens (tertiary/aromatic N) is 4. The van der Waals surface area contributed by atoms with Crippen molar-refractivity contribution >= 4 is 50.9 Å². The van der Waals surface area contributed by atoms with Crippen LogP contribution in [0.3, 0.4) is 0 Å². The third kappa shape index (κ3) is 6.07. The number of hydrogen-bond donors (Lipinski definition) is 2. The Labute approximate surface area is 205 Å². The number of amides is 1. The number of aromatic nitrogens is 4. The Bertz CT molecular complexity index is 1390. The maximum atomic E-state index is 12.7. The second-order valence-electron chi connectivity index (χ2n) is 6.78. The molecule has 0 radical (unpaired) electrons. The molecule has 0 aliphatic carbocycles. The number of halogens is 1. The van der Waals surface area contributed by atoms with Crippen LogP contribution in [0.5, 0.6) is 0 Å². The number of benzene rings is 2. The van der Waals surface area contributed by atoms with Crippen LogP contribution in [0.15, 0.2) is 89.3 Å². The van der Waals surface area contributed by atoms with Crippen LogP contribution in [-0.2, 0) is 15.8 Å². The van der Waals surface area contributed by atoms with Crippen LogP contribution in [0.4, 0.5) is 11.6 Å². The van der Waals surface area contributed by atoms with Gasteiger partial charge in [-0.3, -0.25) is 4.79 Å². The third-order valence-electron chi connectivity index (χ3n) is 4.36. The number of hydrogen-bond acceptors (Lipinski definition) is 8. The summed E-state index contributed by atoms with van der Waals surface area (Å²) in [7, 11) is -3.88. The highest BCUT2D eigenvalue weighted by Gasteiger charge is 2.17. The van der Waals surface area contributed by atoms with Crippen molar-refractivity contribution in [3.63, 3.8) is 0 Å². The maximum Gasteiger partial charge on any atom is 0.275 e. The average molecular weight is 513 g/mol. The van der Waals surface area contributed by atoms with E-state index in [9.17, 15) is 13.2 Å². The molecule has 0 fully saturated rings. The lowest BCUT2D eigenvalue weighted by atomic mass is 10.2. The standard InChI is InChI=1S/C22H17ClN6O3S2/c23-18-13-26-22(33-14-15-5-2-1-3-6-15)28-19(18)20(30)27-16-7-9-17(10-8-16)34(31,32)29-21-24-11-4-12-25-21/h1-13H,14H2,(H,27,30)(H,24,25,29). The van der Waals surface area contributed by atoms with Crippen LogP contribution < -0.4 is 10.0 Å². The average Bonchev–Trinajstić information content (AvgIpc) is 2.85. The summed E-state index contributed by atoms with van der Waals surface area (Å²) in [6.07, 6.45) is 4.23. The lowest BCUT2D eigenvalue weighted by Gasteiger charge is -2.09. The van der Waals surface area contributed by atoms with E-state index in [4.69, 9.17) is 11.6 Å². The van der Waals surface area contributed by atoms with Crippen LogP contribution in [-0.4, -0.2) is 34.3 Å². The molecule has 34 heavy (non-hydrogen) atoms. The minimum atomic E-state index is -3.88. The van der Waals surface area contributed by atoms with Gasteiger partial charge in [0, 0.05) is 23.8 Å². The Hall–Kier alpha value is -3.54. The molecule has 2 heterocycles. The van der Waals surface area contributed by atoms with Crippen LogP contribution in [0, 0.1) is 0 Å². The topological polar surface area (TPSA) is 127 Å². The van der Waals surface area contributed by atoms with Crippen molar-refractivity contribution in [2.24, 2.45) is 0 Å². The predicted molar refractivity (Wildman–Crippen MR) is 130 cm³/mol. The highest BCUT2D eigenvalue weighted by atomic mass is 35.5. The molecular weight excluding hydrogens is 496 g/mol. The zero-order chi connectivity index (χ0) is 24.0. The zero-order valence-electron chi connectivity index (χ0n) is 17.4. The van der Waals surface area contributed by atoms with Gasteiger partial charge in [0.15, 0.2) is 10.9 Å². The summed E-state index contributed by atoms with van der Waals surface area (Å²) >= 11 is 7.52. The maximum absolute atomic E-state index is 12.7. The van der Waals surface area contributed by atoms with Gasteiger partial charge in [0.05, 0.1) is 16.1 Å². The highest BCUT2D eigenvalue weighted by molar-refractivity contribution is 7.98. The SMILES string of the molecule is O=C(Nc1ccc(S(=O)(=O)Nc2ncccn2)cc1)c1nc(SCc2ccccc2)ncc1Cl. The lowest BCUT2D eigenvalue weighted by Crippen LogP contribution is -2.16.